The number of urea groups is 1. The number of hydrogen-bond donors (Lipinski definition) is 2. The molecule has 0 spiro atoms. The van der Waals surface area contributed by atoms with Crippen LogP contribution in [0.25, 0.3) is 0 Å². The van der Waals surface area contributed by atoms with E-state index in [1.807, 2.05) is 12.1 Å². The Morgan fingerprint density at radius 2 is 2.00 bits per heavy atom. The van der Waals surface area contributed by atoms with Crippen LogP contribution in [0.3, 0.4) is 0 Å². The first-order valence-corrected chi connectivity index (χ1v) is 7.66. The van der Waals surface area contributed by atoms with Crippen molar-refractivity contribution in [2.24, 2.45) is 0 Å². The van der Waals surface area contributed by atoms with Crippen molar-refractivity contribution in [2.75, 3.05) is 6.54 Å². The van der Waals surface area contributed by atoms with Crippen molar-refractivity contribution in [2.45, 2.75) is 31.7 Å². The Morgan fingerprint density at radius 1 is 1.18 bits per heavy atom. The second kappa shape index (κ2) is 6.18. The van der Waals surface area contributed by atoms with Crippen LogP contribution in [-0.4, -0.2) is 17.6 Å². The van der Waals surface area contributed by atoms with E-state index in [0.29, 0.717) is 13.1 Å². The summed E-state index contributed by atoms with van der Waals surface area (Å²) in [6.07, 6.45) is 5.76. The molecule has 2 amide bonds. The summed E-state index contributed by atoms with van der Waals surface area (Å²) < 4.78 is 0. The zero-order chi connectivity index (χ0) is 15.4. The van der Waals surface area contributed by atoms with Crippen LogP contribution in [0.1, 0.15) is 29.5 Å². The maximum Gasteiger partial charge on any atom is 0.315 e. The predicted octanol–water partition coefficient (Wildman–Crippen LogP) is 2.92. The van der Waals surface area contributed by atoms with Crippen molar-refractivity contribution in [3.63, 3.8) is 0 Å². The highest BCUT2D eigenvalue weighted by molar-refractivity contribution is 5.74. The number of hydrogen-bond acceptors (Lipinski definition) is 2. The fraction of sp³-hybridized carbons (Fsp3) is 0.333. The molecule has 0 radical (unpaired) electrons. The molecule has 1 aromatic heterocycles. The van der Waals surface area contributed by atoms with Crippen LogP contribution in [0.4, 0.5) is 4.79 Å². The van der Waals surface area contributed by atoms with Gasteiger partial charge >= 0.3 is 6.03 Å². The molecule has 1 aliphatic carbocycles. The third-order valence-corrected chi connectivity index (χ3v) is 4.33. The van der Waals surface area contributed by atoms with Crippen LogP contribution in [0.2, 0.25) is 0 Å². The smallest absolute Gasteiger partial charge is 0.315 e. The summed E-state index contributed by atoms with van der Waals surface area (Å²) in [5, 5.41) is 5.89. The number of nitrogens with zero attached hydrogens (tertiary/aromatic N) is 1. The van der Waals surface area contributed by atoms with Gasteiger partial charge in [-0.1, -0.05) is 30.3 Å². The van der Waals surface area contributed by atoms with E-state index in [-0.39, 0.29) is 11.4 Å². The molecule has 114 valence electrons. The van der Waals surface area contributed by atoms with E-state index in [1.54, 1.807) is 12.4 Å². The lowest BCUT2D eigenvalue weighted by molar-refractivity contribution is 0.239. The molecule has 4 heteroatoms. The summed E-state index contributed by atoms with van der Waals surface area (Å²) in [5.74, 6) is 0. The molecule has 0 atom stereocenters. The Hall–Kier alpha value is -2.36. The van der Waals surface area contributed by atoms with Crippen LogP contribution in [0.5, 0.6) is 0 Å². The van der Waals surface area contributed by atoms with Crippen LogP contribution in [0, 0.1) is 6.92 Å². The molecule has 4 nitrogen and oxygen atoms in total. The van der Waals surface area contributed by atoms with Crippen molar-refractivity contribution in [3.05, 3.63) is 65.5 Å². The van der Waals surface area contributed by atoms with E-state index in [2.05, 4.69) is 46.8 Å². The zero-order valence-electron chi connectivity index (χ0n) is 12.8. The van der Waals surface area contributed by atoms with E-state index in [4.69, 9.17) is 0 Å². The van der Waals surface area contributed by atoms with Crippen molar-refractivity contribution < 1.29 is 4.79 Å². The van der Waals surface area contributed by atoms with Crippen molar-refractivity contribution >= 4 is 6.03 Å². The highest BCUT2D eigenvalue weighted by Crippen LogP contribution is 2.48. The third kappa shape index (κ3) is 3.27. The molecule has 1 fully saturated rings. The molecule has 2 aromatic rings. The highest BCUT2D eigenvalue weighted by atomic mass is 16.2. The van der Waals surface area contributed by atoms with Crippen LogP contribution >= 0.6 is 0 Å². The number of amides is 2. The third-order valence-electron chi connectivity index (χ3n) is 4.33. The standard InChI is InChI=1S/C18H21N3O/c1-14-5-2-3-7-16(14)18(8-9-18)13-21-17(22)20-12-15-6-4-10-19-11-15/h2-7,10-11H,8-9,12-13H2,1H3,(H2,20,21,22). The Balaban J connectivity index is 1.52. The molecule has 22 heavy (non-hydrogen) atoms. The lowest BCUT2D eigenvalue weighted by Crippen LogP contribution is -2.39. The van der Waals surface area contributed by atoms with Gasteiger partial charge in [0.1, 0.15) is 0 Å². The van der Waals surface area contributed by atoms with Gasteiger partial charge in [0, 0.05) is 30.9 Å². The van der Waals surface area contributed by atoms with Crippen molar-refractivity contribution in [1.29, 1.82) is 0 Å². The summed E-state index contributed by atoms with van der Waals surface area (Å²) in [5.41, 5.74) is 3.80. The minimum absolute atomic E-state index is 0.122. The molecule has 0 unspecified atom stereocenters. The molecular weight excluding hydrogens is 274 g/mol. The molecule has 0 saturated heterocycles. The molecular formula is C18H21N3O. The lowest BCUT2D eigenvalue weighted by atomic mass is 9.92. The van der Waals surface area contributed by atoms with Crippen LogP contribution < -0.4 is 10.6 Å². The topological polar surface area (TPSA) is 54.0 Å². The summed E-state index contributed by atoms with van der Waals surface area (Å²) >= 11 is 0. The maximum atomic E-state index is 12.0. The normalized spacial score (nSPS) is 15.1. The van der Waals surface area contributed by atoms with Gasteiger partial charge in [0.15, 0.2) is 0 Å². The van der Waals surface area contributed by atoms with Crippen molar-refractivity contribution in [3.8, 4) is 0 Å². The van der Waals surface area contributed by atoms with Gasteiger partial charge in [-0.2, -0.15) is 0 Å². The highest BCUT2D eigenvalue weighted by Gasteiger charge is 2.45. The minimum Gasteiger partial charge on any atom is -0.337 e. The van der Waals surface area contributed by atoms with Crippen molar-refractivity contribution in [1.82, 2.24) is 15.6 Å². The fourth-order valence-electron chi connectivity index (χ4n) is 2.86. The van der Waals surface area contributed by atoms with Gasteiger partial charge in [0.2, 0.25) is 0 Å². The van der Waals surface area contributed by atoms with Gasteiger partial charge < -0.3 is 10.6 Å². The molecule has 2 N–H and O–H groups in total. The summed E-state index contributed by atoms with van der Waals surface area (Å²) in [6.45, 7) is 3.33. The molecule has 3 rings (SSSR count). The largest absolute Gasteiger partial charge is 0.337 e. The maximum absolute atomic E-state index is 12.0. The Bertz CT molecular complexity index is 650. The average Bonchev–Trinajstić information content (AvgIpc) is 3.33. The second-order valence-corrected chi connectivity index (χ2v) is 5.99. The Labute approximate surface area is 131 Å². The molecule has 0 bridgehead atoms. The zero-order valence-corrected chi connectivity index (χ0v) is 12.8. The lowest BCUT2D eigenvalue weighted by Gasteiger charge is -2.19. The van der Waals surface area contributed by atoms with E-state index < -0.39 is 0 Å². The first-order valence-electron chi connectivity index (χ1n) is 7.66. The van der Waals surface area contributed by atoms with Gasteiger partial charge in [-0.05, 0) is 42.5 Å². The number of carbonyl (C=O) groups is 1. The summed E-state index contributed by atoms with van der Waals surface area (Å²) in [7, 11) is 0. The van der Waals surface area contributed by atoms with Gasteiger partial charge in [-0.15, -0.1) is 0 Å². The molecule has 1 heterocycles. The fourth-order valence-corrected chi connectivity index (χ4v) is 2.86. The van der Waals surface area contributed by atoms with Gasteiger partial charge in [-0.25, -0.2) is 4.79 Å². The van der Waals surface area contributed by atoms with Gasteiger partial charge in [-0.3, -0.25) is 4.98 Å². The minimum atomic E-state index is -0.122. The quantitative estimate of drug-likeness (QED) is 0.891. The predicted molar refractivity (Wildman–Crippen MR) is 86.6 cm³/mol. The number of rotatable bonds is 5. The number of aryl methyl sites for hydroxylation is 1. The van der Waals surface area contributed by atoms with Gasteiger partial charge in [0.25, 0.3) is 0 Å². The summed E-state index contributed by atoms with van der Waals surface area (Å²) in [4.78, 5) is 16.0. The average molecular weight is 295 g/mol. The molecule has 1 aromatic carbocycles. The number of nitrogens with one attached hydrogen (secondary N) is 2. The van der Waals surface area contributed by atoms with E-state index >= 15 is 0 Å². The SMILES string of the molecule is Cc1ccccc1C1(CNC(=O)NCc2cccnc2)CC1. The first kappa shape index (κ1) is 14.6. The number of pyridine rings is 1. The van der Waals surface area contributed by atoms with E-state index in [9.17, 15) is 4.79 Å². The second-order valence-electron chi connectivity index (χ2n) is 5.99. The van der Waals surface area contributed by atoms with Gasteiger partial charge in [0.05, 0.1) is 0 Å². The monoisotopic (exact) mass is 295 g/mol. The first-order chi connectivity index (χ1) is 10.7. The Morgan fingerprint density at radius 3 is 2.68 bits per heavy atom. The number of carbonyl (C=O) groups excluding carboxylic acids is 1. The molecule has 1 aliphatic rings. The Kier molecular flexibility index (Phi) is 4.09. The number of benzene rings is 1. The number of aromatic nitrogens is 1. The van der Waals surface area contributed by atoms with Crippen LogP contribution in [0.15, 0.2) is 48.8 Å². The van der Waals surface area contributed by atoms with Crippen LogP contribution in [-0.2, 0) is 12.0 Å². The summed E-state index contributed by atoms with van der Waals surface area (Å²) in [6, 6.07) is 12.1. The van der Waals surface area contributed by atoms with E-state index in [1.165, 1.54) is 11.1 Å². The van der Waals surface area contributed by atoms with E-state index in [0.717, 1.165) is 18.4 Å². The molecule has 1 saturated carbocycles. The molecule has 0 aliphatic heterocycles.